The Morgan fingerprint density at radius 2 is 2.00 bits per heavy atom. The van der Waals surface area contributed by atoms with Gasteiger partial charge in [-0.25, -0.2) is 4.39 Å². The summed E-state index contributed by atoms with van der Waals surface area (Å²) in [5, 5.41) is 10.2. The Hall–Kier alpha value is -0.900. The van der Waals surface area contributed by atoms with E-state index in [1.54, 1.807) is 18.2 Å². The molecule has 0 aliphatic rings. The SMILES string of the molecule is OCC(Cc1ccc(F)c(Br)c1)c1cccc(Cl)c1. The van der Waals surface area contributed by atoms with Crippen molar-refractivity contribution in [3.8, 4) is 0 Å². The Morgan fingerprint density at radius 1 is 1.21 bits per heavy atom. The molecule has 0 saturated heterocycles. The van der Waals surface area contributed by atoms with E-state index in [4.69, 9.17) is 11.6 Å². The van der Waals surface area contributed by atoms with Gasteiger partial charge in [0.15, 0.2) is 0 Å². The minimum atomic E-state index is -0.285. The summed E-state index contributed by atoms with van der Waals surface area (Å²) >= 11 is 9.12. The number of aliphatic hydroxyl groups excluding tert-OH is 1. The molecule has 0 radical (unpaired) electrons. The predicted octanol–water partition coefficient (Wildman–Crippen LogP) is 4.56. The van der Waals surface area contributed by atoms with Crippen molar-refractivity contribution in [2.75, 3.05) is 6.61 Å². The number of hydrogen-bond acceptors (Lipinski definition) is 1. The highest BCUT2D eigenvalue weighted by Gasteiger charge is 2.12. The normalized spacial score (nSPS) is 12.4. The van der Waals surface area contributed by atoms with E-state index in [0.29, 0.717) is 15.9 Å². The second-order valence-electron chi connectivity index (χ2n) is 4.39. The fourth-order valence-corrected chi connectivity index (χ4v) is 2.62. The third-order valence-corrected chi connectivity index (χ3v) is 3.85. The van der Waals surface area contributed by atoms with Gasteiger partial charge >= 0.3 is 0 Å². The topological polar surface area (TPSA) is 20.2 Å². The molecule has 0 heterocycles. The number of aliphatic hydroxyl groups is 1. The maximum absolute atomic E-state index is 13.2. The fourth-order valence-electron chi connectivity index (χ4n) is 2.00. The molecular formula is C15H13BrClFO. The molecule has 2 aromatic rings. The summed E-state index contributed by atoms with van der Waals surface area (Å²) in [6.07, 6.45) is 0.635. The van der Waals surface area contributed by atoms with Crippen LogP contribution in [0.2, 0.25) is 5.02 Å². The monoisotopic (exact) mass is 342 g/mol. The van der Waals surface area contributed by atoms with Crippen molar-refractivity contribution in [2.24, 2.45) is 0 Å². The molecule has 100 valence electrons. The number of benzene rings is 2. The van der Waals surface area contributed by atoms with E-state index in [1.807, 2.05) is 18.2 Å². The molecule has 1 N–H and O–H groups in total. The Labute approximate surface area is 125 Å². The van der Waals surface area contributed by atoms with Gasteiger partial charge < -0.3 is 5.11 Å². The van der Waals surface area contributed by atoms with Gasteiger partial charge in [-0.05, 0) is 57.7 Å². The van der Waals surface area contributed by atoms with E-state index < -0.39 is 0 Å². The average molecular weight is 344 g/mol. The fraction of sp³-hybridized carbons (Fsp3) is 0.200. The van der Waals surface area contributed by atoms with Crippen molar-refractivity contribution < 1.29 is 9.50 Å². The minimum absolute atomic E-state index is 0.0232. The molecule has 0 saturated carbocycles. The van der Waals surface area contributed by atoms with Crippen molar-refractivity contribution in [3.05, 3.63) is 68.9 Å². The predicted molar refractivity (Wildman–Crippen MR) is 79.1 cm³/mol. The average Bonchev–Trinajstić information content (AvgIpc) is 2.40. The summed E-state index contributed by atoms with van der Waals surface area (Å²) in [4.78, 5) is 0. The second kappa shape index (κ2) is 6.51. The minimum Gasteiger partial charge on any atom is -0.396 e. The number of halogens is 3. The van der Waals surface area contributed by atoms with Gasteiger partial charge in [0.25, 0.3) is 0 Å². The molecule has 2 rings (SSSR count). The molecule has 2 aromatic carbocycles. The third-order valence-electron chi connectivity index (χ3n) is 3.01. The Bertz CT molecular complexity index is 574. The standard InChI is InChI=1S/C15H13BrClFO/c16-14-7-10(4-5-15(14)18)6-12(9-19)11-2-1-3-13(17)8-11/h1-5,7-8,12,19H,6,9H2. The first-order valence-corrected chi connectivity index (χ1v) is 7.07. The van der Waals surface area contributed by atoms with Gasteiger partial charge in [0.2, 0.25) is 0 Å². The highest BCUT2D eigenvalue weighted by Crippen LogP contribution is 2.25. The first-order valence-electron chi connectivity index (χ1n) is 5.90. The van der Waals surface area contributed by atoms with Crippen LogP contribution in [0.1, 0.15) is 17.0 Å². The van der Waals surface area contributed by atoms with Crippen LogP contribution in [0.3, 0.4) is 0 Å². The van der Waals surface area contributed by atoms with Crippen LogP contribution in [-0.4, -0.2) is 11.7 Å². The Morgan fingerprint density at radius 3 is 2.63 bits per heavy atom. The molecule has 4 heteroatoms. The molecule has 19 heavy (non-hydrogen) atoms. The molecule has 0 spiro atoms. The molecule has 0 aliphatic heterocycles. The smallest absolute Gasteiger partial charge is 0.137 e. The molecule has 1 nitrogen and oxygen atoms in total. The van der Waals surface area contributed by atoms with E-state index >= 15 is 0 Å². The second-order valence-corrected chi connectivity index (χ2v) is 5.68. The van der Waals surface area contributed by atoms with Crippen molar-refractivity contribution in [1.82, 2.24) is 0 Å². The van der Waals surface area contributed by atoms with Crippen LogP contribution < -0.4 is 0 Å². The largest absolute Gasteiger partial charge is 0.396 e. The lowest BCUT2D eigenvalue weighted by molar-refractivity contribution is 0.264. The highest BCUT2D eigenvalue weighted by molar-refractivity contribution is 9.10. The lowest BCUT2D eigenvalue weighted by Gasteiger charge is -2.15. The summed E-state index contributed by atoms with van der Waals surface area (Å²) in [5.41, 5.74) is 1.95. The van der Waals surface area contributed by atoms with Crippen LogP contribution in [0.15, 0.2) is 46.9 Å². The van der Waals surface area contributed by atoms with E-state index in [2.05, 4.69) is 15.9 Å². The first-order chi connectivity index (χ1) is 9.10. The quantitative estimate of drug-likeness (QED) is 0.863. The van der Waals surface area contributed by atoms with Gasteiger partial charge in [-0.1, -0.05) is 29.8 Å². The summed E-state index contributed by atoms with van der Waals surface area (Å²) < 4.78 is 13.6. The zero-order chi connectivity index (χ0) is 13.8. The van der Waals surface area contributed by atoms with Crippen molar-refractivity contribution in [2.45, 2.75) is 12.3 Å². The van der Waals surface area contributed by atoms with Crippen LogP contribution in [0.25, 0.3) is 0 Å². The summed E-state index contributed by atoms with van der Waals surface area (Å²) in [6, 6.07) is 12.3. The van der Waals surface area contributed by atoms with E-state index in [1.165, 1.54) is 6.07 Å². The molecule has 0 aliphatic carbocycles. The Balaban J connectivity index is 2.21. The van der Waals surface area contributed by atoms with Gasteiger partial charge in [0.05, 0.1) is 11.1 Å². The summed E-state index contributed by atoms with van der Waals surface area (Å²) in [5.74, 6) is -0.330. The van der Waals surface area contributed by atoms with Gasteiger partial charge in [-0.15, -0.1) is 0 Å². The van der Waals surface area contributed by atoms with Crippen LogP contribution in [0, 0.1) is 5.82 Å². The van der Waals surface area contributed by atoms with Crippen LogP contribution in [0.5, 0.6) is 0 Å². The molecule has 0 aromatic heterocycles. The number of rotatable bonds is 4. The highest BCUT2D eigenvalue weighted by atomic mass is 79.9. The molecule has 1 atom stereocenters. The van der Waals surface area contributed by atoms with Crippen molar-refractivity contribution >= 4 is 27.5 Å². The van der Waals surface area contributed by atoms with Crippen LogP contribution in [-0.2, 0) is 6.42 Å². The molecule has 0 fully saturated rings. The molecular weight excluding hydrogens is 331 g/mol. The van der Waals surface area contributed by atoms with Gasteiger partial charge in [0.1, 0.15) is 5.82 Å². The third kappa shape index (κ3) is 3.78. The first kappa shape index (κ1) is 14.5. The van der Waals surface area contributed by atoms with Crippen molar-refractivity contribution in [1.29, 1.82) is 0 Å². The molecule has 0 bridgehead atoms. The Kier molecular flexibility index (Phi) is 4.97. The lowest BCUT2D eigenvalue weighted by atomic mass is 9.93. The van der Waals surface area contributed by atoms with E-state index in [9.17, 15) is 9.50 Å². The van der Waals surface area contributed by atoms with E-state index in [-0.39, 0.29) is 18.3 Å². The van der Waals surface area contributed by atoms with E-state index in [0.717, 1.165) is 11.1 Å². The zero-order valence-electron chi connectivity index (χ0n) is 10.1. The summed E-state index contributed by atoms with van der Waals surface area (Å²) in [7, 11) is 0. The van der Waals surface area contributed by atoms with Crippen molar-refractivity contribution in [3.63, 3.8) is 0 Å². The summed E-state index contributed by atoms with van der Waals surface area (Å²) in [6.45, 7) is 0.0232. The zero-order valence-corrected chi connectivity index (χ0v) is 12.5. The number of hydrogen-bond donors (Lipinski definition) is 1. The van der Waals surface area contributed by atoms with Crippen LogP contribution in [0.4, 0.5) is 4.39 Å². The van der Waals surface area contributed by atoms with Crippen LogP contribution >= 0.6 is 27.5 Å². The van der Waals surface area contributed by atoms with Gasteiger partial charge in [-0.3, -0.25) is 0 Å². The lowest BCUT2D eigenvalue weighted by Crippen LogP contribution is -2.08. The van der Waals surface area contributed by atoms with Gasteiger partial charge in [-0.2, -0.15) is 0 Å². The molecule has 0 amide bonds. The maximum Gasteiger partial charge on any atom is 0.137 e. The molecule has 1 unspecified atom stereocenters. The van der Waals surface area contributed by atoms with Gasteiger partial charge in [0, 0.05) is 10.9 Å². The maximum atomic E-state index is 13.2.